The van der Waals surface area contributed by atoms with E-state index < -0.39 is 0 Å². The molecular weight excluding hydrogens is 168 g/mol. The number of amides is 1. The van der Waals surface area contributed by atoms with Gasteiger partial charge in [0.2, 0.25) is 5.91 Å². The standard InChI is InChI=1S/C9H12N2O2/c1-6-7(5-10-13-6)11-8(12)9(2)3-4-9/h5H,3-4H2,1-2H3,(H,11,12). The van der Waals surface area contributed by atoms with Crippen molar-refractivity contribution in [2.45, 2.75) is 26.7 Å². The first-order chi connectivity index (χ1) is 6.12. The number of aromatic nitrogens is 1. The van der Waals surface area contributed by atoms with Gasteiger partial charge < -0.3 is 9.84 Å². The SMILES string of the molecule is Cc1oncc1NC(=O)C1(C)CC1. The summed E-state index contributed by atoms with van der Waals surface area (Å²) in [5, 5.41) is 6.38. The fourth-order valence-corrected chi connectivity index (χ4v) is 1.11. The minimum absolute atomic E-state index is 0.0683. The van der Waals surface area contributed by atoms with Crippen molar-refractivity contribution in [2.75, 3.05) is 5.32 Å². The summed E-state index contributed by atoms with van der Waals surface area (Å²) in [5.41, 5.74) is 0.530. The lowest BCUT2D eigenvalue weighted by molar-refractivity contribution is -0.120. The van der Waals surface area contributed by atoms with Gasteiger partial charge in [0.25, 0.3) is 0 Å². The van der Waals surface area contributed by atoms with Crippen molar-refractivity contribution in [1.29, 1.82) is 0 Å². The van der Waals surface area contributed by atoms with Gasteiger partial charge in [0.15, 0.2) is 5.76 Å². The number of rotatable bonds is 2. The van der Waals surface area contributed by atoms with Crippen LogP contribution in [0.4, 0.5) is 5.69 Å². The molecule has 1 fully saturated rings. The normalized spacial score (nSPS) is 18.3. The summed E-state index contributed by atoms with van der Waals surface area (Å²) in [4.78, 5) is 11.6. The lowest BCUT2D eigenvalue weighted by atomic mass is 10.1. The van der Waals surface area contributed by atoms with Gasteiger partial charge in [-0.2, -0.15) is 0 Å². The zero-order valence-electron chi connectivity index (χ0n) is 7.76. The molecule has 1 aromatic rings. The van der Waals surface area contributed by atoms with Crippen LogP contribution in [0.3, 0.4) is 0 Å². The minimum atomic E-state index is -0.149. The van der Waals surface area contributed by atoms with E-state index in [1.165, 1.54) is 6.20 Å². The van der Waals surface area contributed by atoms with Gasteiger partial charge in [-0.25, -0.2) is 0 Å². The number of hydrogen-bond acceptors (Lipinski definition) is 3. The Bertz CT molecular complexity index is 339. The highest BCUT2D eigenvalue weighted by atomic mass is 16.5. The van der Waals surface area contributed by atoms with Crippen LogP contribution >= 0.6 is 0 Å². The fourth-order valence-electron chi connectivity index (χ4n) is 1.11. The van der Waals surface area contributed by atoms with Crippen molar-refractivity contribution in [3.05, 3.63) is 12.0 Å². The van der Waals surface area contributed by atoms with E-state index in [0.717, 1.165) is 12.8 Å². The zero-order valence-corrected chi connectivity index (χ0v) is 7.76. The van der Waals surface area contributed by atoms with Gasteiger partial charge in [-0.3, -0.25) is 4.79 Å². The van der Waals surface area contributed by atoms with Gasteiger partial charge >= 0.3 is 0 Å². The van der Waals surface area contributed by atoms with Crippen LogP contribution in [-0.2, 0) is 4.79 Å². The molecule has 0 aromatic carbocycles. The molecule has 4 nitrogen and oxygen atoms in total. The third-order valence-corrected chi connectivity index (χ3v) is 2.55. The molecule has 1 heterocycles. The van der Waals surface area contributed by atoms with E-state index in [-0.39, 0.29) is 11.3 Å². The number of anilines is 1. The van der Waals surface area contributed by atoms with Crippen LogP contribution in [0, 0.1) is 12.3 Å². The third kappa shape index (κ3) is 1.43. The molecule has 0 spiro atoms. The van der Waals surface area contributed by atoms with Crippen LogP contribution in [0.2, 0.25) is 0 Å². The van der Waals surface area contributed by atoms with E-state index in [9.17, 15) is 4.79 Å². The minimum Gasteiger partial charge on any atom is -0.359 e. The Hall–Kier alpha value is -1.32. The van der Waals surface area contributed by atoms with Gasteiger partial charge in [0.1, 0.15) is 5.69 Å². The molecule has 1 aromatic heterocycles. The van der Waals surface area contributed by atoms with Crippen molar-refractivity contribution >= 4 is 11.6 Å². The smallest absolute Gasteiger partial charge is 0.230 e. The molecule has 1 amide bonds. The molecule has 2 rings (SSSR count). The summed E-state index contributed by atoms with van der Waals surface area (Å²) in [7, 11) is 0. The summed E-state index contributed by atoms with van der Waals surface area (Å²) in [5.74, 6) is 0.719. The van der Waals surface area contributed by atoms with Crippen molar-refractivity contribution in [2.24, 2.45) is 5.41 Å². The van der Waals surface area contributed by atoms with Crippen molar-refractivity contribution in [3.63, 3.8) is 0 Å². The Balaban J connectivity index is 2.06. The maximum absolute atomic E-state index is 11.6. The highest BCUT2D eigenvalue weighted by Gasteiger charge is 2.45. The topological polar surface area (TPSA) is 55.1 Å². The third-order valence-electron chi connectivity index (χ3n) is 2.55. The van der Waals surface area contributed by atoms with Crippen LogP contribution in [0.25, 0.3) is 0 Å². The molecule has 0 aliphatic heterocycles. The molecule has 0 unspecified atom stereocenters. The molecule has 0 radical (unpaired) electrons. The fraction of sp³-hybridized carbons (Fsp3) is 0.556. The lowest BCUT2D eigenvalue weighted by Crippen LogP contribution is -2.21. The quantitative estimate of drug-likeness (QED) is 0.753. The van der Waals surface area contributed by atoms with E-state index in [0.29, 0.717) is 11.4 Å². The molecule has 13 heavy (non-hydrogen) atoms. The van der Waals surface area contributed by atoms with E-state index >= 15 is 0 Å². The van der Waals surface area contributed by atoms with E-state index in [2.05, 4.69) is 10.5 Å². The summed E-state index contributed by atoms with van der Waals surface area (Å²) in [6.07, 6.45) is 3.48. The molecular formula is C9H12N2O2. The first-order valence-electron chi connectivity index (χ1n) is 4.34. The summed E-state index contributed by atoms with van der Waals surface area (Å²) in [6, 6.07) is 0. The predicted octanol–water partition coefficient (Wildman–Crippen LogP) is 1.72. The number of nitrogens with zero attached hydrogens (tertiary/aromatic N) is 1. The molecule has 0 saturated heterocycles. The second-order valence-electron chi connectivity index (χ2n) is 3.81. The van der Waals surface area contributed by atoms with Gasteiger partial charge in [-0.15, -0.1) is 0 Å². The maximum Gasteiger partial charge on any atom is 0.230 e. The molecule has 4 heteroatoms. The molecule has 0 bridgehead atoms. The van der Waals surface area contributed by atoms with Crippen molar-refractivity contribution in [3.8, 4) is 0 Å². The summed E-state index contributed by atoms with van der Waals surface area (Å²) in [6.45, 7) is 3.74. The second kappa shape index (κ2) is 2.58. The molecule has 0 atom stereocenters. The number of aryl methyl sites for hydroxylation is 1. The van der Waals surface area contributed by atoms with Gasteiger partial charge in [0.05, 0.1) is 6.20 Å². The number of nitrogens with one attached hydrogen (secondary N) is 1. The first kappa shape index (κ1) is 8.29. The highest BCUT2D eigenvalue weighted by molar-refractivity contribution is 5.96. The second-order valence-corrected chi connectivity index (χ2v) is 3.81. The van der Waals surface area contributed by atoms with Crippen LogP contribution in [0.1, 0.15) is 25.5 Å². The van der Waals surface area contributed by atoms with Crippen LogP contribution < -0.4 is 5.32 Å². The Morgan fingerprint density at radius 3 is 2.85 bits per heavy atom. The Morgan fingerprint density at radius 1 is 1.69 bits per heavy atom. The van der Waals surface area contributed by atoms with Crippen LogP contribution in [0.15, 0.2) is 10.7 Å². The Kier molecular flexibility index (Phi) is 1.65. The average Bonchev–Trinajstić information content (AvgIpc) is 2.72. The van der Waals surface area contributed by atoms with Crippen LogP contribution in [-0.4, -0.2) is 11.1 Å². The van der Waals surface area contributed by atoms with E-state index in [1.807, 2.05) is 6.92 Å². The summed E-state index contributed by atoms with van der Waals surface area (Å²) >= 11 is 0. The zero-order chi connectivity index (χ0) is 9.47. The van der Waals surface area contributed by atoms with Crippen LogP contribution in [0.5, 0.6) is 0 Å². The van der Waals surface area contributed by atoms with E-state index in [1.54, 1.807) is 6.92 Å². The lowest BCUT2D eigenvalue weighted by Gasteiger charge is -2.07. The van der Waals surface area contributed by atoms with Gasteiger partial charge in [0, 0.05) is 5.41 Å². The predicted molar refractivity (Wildman–Crippen MR) is 47.2 cm³/mol. The van der Waals surface area contributed by atoms with Gasteiger partial charge in [-0.05, 0) is 19.8 Å². The molecule has 1 N–H and O–H groups in total. The number of hydrogen-bond donors (Lipinski definition) is 1. The van der Waals surface area contributed by atoms with E-state index in [4.69, 9.17) is 4.52 Å². The number of carbonyl (C=O) groups excluding carboxylic acids is 1. The monoisotopic (exact) mass is 180 g/mol. The first-order valence-corrected chi connectivity index (χ1v) is 4.34. The summed E-state index contributed by atoms with van der Waals surface area (Å²) < 4.78 is 4.83. The van der Waals surface area contributed by atoms with Crippen molar-refractivity contribution < 1.29 is 9.32 Å². The Labute approximate surface area is 76.3 Å². The molecule has 1 aliphatic rings. The average molecular weight is 180 g/mol. The maximum atomic E-state index is 11.6. The molecule has 70 valence electrons. The number of carbonyl (C=O) groups is 1. The molecule has 1 aliphatic carbocycles. The molecule has 1 saturated carbocycles. The van der Waals surface area contributed by atoms with Crippen molar-refractivity contribution in [1.82, 2.24) is 5.16 Å². The highest BCUT2D eigenvalue weighted by Crippen LogP contribution is 2.45. The van der Waals surface area contributed by atoms with Gasteiger partial charge in [-0.1, -0.05) is 12.1 Å². The Morgan fingerprint density at radius 2 is 2.38 bits per heavy atom. The largest absolute Gasteiger partial charge is 0.359 e.